The number of nitrogens with zero attached hydrogens (tertiary/aromatic N) is 3. The summed E-state index contributed by atoms with van der Waals surface area (Å²) in [5.74, 6) is 0.596. The van der Waals surface area contributed by atoms with Crippen LogP contribution in [-0.2, 0) is 11.3 Å². The van der Waals surface area contributed by atoms with Gasteiger partial charge < -0.3 is 10.2 Å². The number of hydrogen-bond donors (Lipinski definition) is 1. The van der Waals surface area contributed by atoms with Crippen LogP contribution >= 0.6 is 0 Å². The molecule has 0 atom stereocenters. The van der Waals surface area contributed by atoms with Gasteiger partial charge in [0.1, 0.15) is 5.54 Å². The molecule has 2 aliphatic heterocycles. The van der Waals surface area contributed by atoms with E-state index < -0.39 is 5.54 Å². The predicted octanol–water partition coefficient (Wildman–Crippen LogP) is 3.18. The van der Waals surface area contributed by atoms with Crippen molar-refractivity contribution in [1.82, 2.24) is 15.1 Å². The Hall–Kier alpha value is -2.08. The number of nitrogens with one attached hydrogen (secondary N) is 1. The number of amides is 3. The molecule has 3 amide bonds. The van der Waals surface area contributed by atoms with Gasteiger partial charge in [-0.15, -0.1) is 0 Å². The first-order valence-corrected chi connectivity index (χ1v) is 10.6. The largest absolute Gasteiger partial charge is 0.371 e. The van der Waals surface area contributed by atoms with Crippen LogP contribution in [0.2, 0.25) is 0 Å². The molecular weight excluding hydrogens is 352 g/mol. The molecule has 3 aliphatic rings. The Morgan fingerprint density at radius 1 is 1.14 bits per heavy atom. The molecule has 4 rings (SSSR count). The van der Waals surface area contributed by atoms with Crippen molar-refractivity contribution in [2.75, 3.05) is 31.7 Å². The third-order valence-electron chi connectivity index (χ3n) is 6.64. The van der Waals surface area contributed by atoms with Gasteiger partial charge in [-0.3, -0.25) is 9.69 Å². The van der Waals surface area contributed by atoms with E-state index in [4.69, 9.17) is 0 Å². The number of anilines is 1. The number of carbonyl (C=O) groups is 2. The number of carbonyl (C=O) groups excluding carboxylic acids is 2. The van der Waals surface area contributed by atoms with E-state index in [9.17, 15) is 9.59 Å². The van der Waals surface area contributed by atoms with Crippen molar-refractivity contribution in [3.63, 3.8) is 0 Å². The number of urea groups is 1. The molecule has 0 aromatic heterocycles. The molecule has 0 bridgehead atoms. The molecule has 0 radical (unpaired) electrons. The van der Waals surface area contributed by atoms with Crippen molar-refractivity contribution in [2.24, 2.45) is 5.92 Å². The fraction of sp³-hybridized carbons (Fsp3) is 0.636. The number of imide groups is 1. The average Bonchev–Trinajstić information content (AvgIpc) is 3.29. The first-order chi connectivity index (χ1) is 13.5. The Kier molecular flexibility index (Phi) is 5.32. The van der Waals surface area contributed by atoms with Crippen LogP contribution in [0.25, 0.3) is 0 Å². The minimum atomic E-state index is -0.655. The van der Waals surface area contributed by atoms with Gasteiger partial charge in [-0.05, 0) is 63.1 Å². The summed E-state index contributed by atoms with van der Waals surface area (Å²) in [6, 6.07) is 8.25. The molecule has 152 valence electrons. The van der Waals surface area contributed by atoms with Crippen LogP contribution in [0.4, 0.5) is 10.5 Å². The van der Waals surface area contributed by atoms with E-state index in [1.807, 2.05) is 7.05 Å². The van der Waals surface area contributed by atoms with Crippen molar-refractivity contribution in [3.05, 3.63) is 29.8 Å². The van der Waals surface area contributed by atoms with Crippen molar-refractivity contribution >= 4 is 17.6 Å². The second kappa shape index (κ2) is 7.74. The molecule has 2 heterocycles. The Morgan fingerprint density at radius 2 is 1.82 bits per heavy atom. The summed E-state index contributed by atoms with van der Waals surface area (Å²) in [5.41, 5.74) is 1.87. The lowest BCUT2D eigenvalue weighted by Gasteiger charge is -2.34. The van der Waals surface area contributed by atoms with Crippen molar-refractivity contribution < 1.29 is 9.59 Å². The third-order valence-corrected chi connectivity index (χ3v) is 6.64. The zero-order valence-electron chi connectivity index (χ0n) is 17.1. The van der Waals surface area contributed by atoms with Gasteiger partial charge in [-0.25, -0.2) is 9.69 Å². The highest BCUT2D eigenvalue weighted by Crippen LogP contribution is 2.36. The van der Waals surface area contributed by atoms with Gasteiger partial charge in [0.05, 0.1) is 6.67 Å². The standard InChI is InChI=1S/C22H32N4O2/c1-17-9-11-22(12-10-17)20(27)26(21(28)23-22)16-24(2)15-18-7-3-4-8-19(18)25-13-5-6-14-25/h3-4,7-8,17H,5-6,9-16H2,1-2H3,(H,23,28). The SMILES string of the molecule is CC1CCC2(CC1)NC(=O)N(CN(C)Cc1ccccc1N1CCCC1)C2=O. The van der Waals surface area contributed by atoms with Crippen molar-refractivity contribution in [1.29, 1.82) is 0 Å². The van der Waals surface area contributed by atoms with Crippen molar-refractivity contribution in [3.8, 4) is 0 Å². The second-order valence-electron chi connectivity index (χ2n) is 8.91. The van der Waals surface area contributed by atoms with E-state index in [2.05, 4.69) is 46.3 Å². The molecule has 2 saturated heterocycles. The number of rotatable bonds is 5. The van der Waals surface area contributed by atoms with E-state index in [1.54, 1.807) is 0 Å². The van der Waals surface area contributed by atoms with Gasteiger partial charge in [-0.2, -0.15) is 0 Å². The van der Waals surface area contributed by atoms with Gasteiger partial charge in [0, 0.05) is 25.3 Å². The third kappa shape index (κ3) is 3.62. The Balaban J connectivity index is 1.42. The second-order valence-corrected chi connectivity index (χ2v) is 8.91. The average molecular weight is 385 g/mol. The molecule has 28 heavy (non-hydrogen) atoms. The quantitative estimate of drug-likeness (QED) is 0.792. The Morgan fingerprint density at radius 3 is 2.54 bits per heavy atom. The maximum Gasteiger partial charge on any atom is 0.326 e. The lowest BCUT2D eigenvalue weighted by atomic mass is 9.77. The van der Waals surface area contributed by atoms with Crippen LogP contribution in [0.15, 0.2) is 24.3 Å². The molecule has 1 N–H and O–H groups in total. The van der Waals surface area contributed by atoms with Gasteiger partial charge in [0.25, 0.3) is 5.91 Å². The maximum absolute atomic E-state index is 13.1. The molecule has 1 aromatic rings. The van der Waals surface area contributed by atoms with Crippen LogP contribution in [0.3, 0.4) is 0 Å². The number of para-hydroxylation sites is 1. The van der Waals surface area contributed by atoms with E-state index >= 15 is 0 Å². The van der Waals surface area contributed by atoms with Gasteiger partial charge in [0.15, 0.2) is 0 Å². The maximum atomic E-state index is 13.1. The fourth-order valence-electron chi connectivity index (χ4n) is 4.89. The topological polar surface area (TPSA) is 55.9 Å². The fourth-order valence-corrected chi connectivity index (χ4v) is 4.89. The summed E-state index contributed by atoms with van der Waals surface area (Å²) in [6.07, 6.45) is 6.01. The zero-order chi connectivity index (χ0) is 19.7. The van der Waals surface area contributed by atoms with Crippen LogP contribution in [0, 0.1) is 5.92 Å². The molecule has 1 aliphatic carbocycles. The summed E-state index contributed by atoms with van der Waals surface area (Å²) in [7, 11) is 1.98. The van der Waals surface area contributed by atoms with E-state index in [-0.39, 0.29) is 11.9 Å². The normalized spacial score (nSPS) is 27.9. The van der Waals surface area contributed by atoms with E-state index in [1.165, 1.54) is 29.0 Å². The van der Waals surface area contributed by atoms with Gasteiger partial charge in [0.2, 0.25) is 0 Å². The number of benzene rings is 1. The van der Waals surface area contributed by atoms with Crippen LogP contribution in [0.5, 0.6) is 0 Å². The highest BCUT2D eigenvalue weighted by atomic mass is 16.2. The lowest BCUT2D eigenvalue weighted by molar-refractivity contribution is -0.134. The lowest BCUT2D eigenvalue weighted by Crippen LogP contribution is -2.49. The van der Waals surface area contributed by atoms with Crippen LogP contribution in [0.1, 0.15) is 51.0 Å². The molecular formula is C22H32N4O2. The molecule has 6 nitrogen and oxygen atoms in total. The smallest absolute Gasteiger partial charge is 0.326 e. The Bertz CT molecular complexity index is 736. The number of hydrogen-bond acceptors (Lipinski definition) is 4. The predicted molar refractivity (Wildman–Crippen MR) is 110 cm³/mol. The van der Waals surface area contributed by atoms with E-state index in [0.717, 1.165) is 38.8 Å². The Labute approximate surface area is 167 Å². The van der Waals surface area contributed by atoms with Crippen LogP contribution < -0.4 is 10.2 Å². The van der Waals surface area contributed by atoms with Gasteiger partial charge >= 0.3 is 6.03 Å². The molecule has 1 saturated carbocycles. The molecule has 6 heteroatoms. The summed E-state index contributed by atoms with van der Waals surface area (Å²) in [4.78, 5) is 31.6. The van der Waals surface area contributed by atoms with Gasteiger partial charge in [-0.1, -0.05) is 25.1 Å². The molecule has 1 aromatic carbocycles. The van der Waals surface area contributed by atoms with E-state index in [0.29, 0.717) is 19.1 Å². The first-order valence-electron chi connectivity index (χ1n) is 10.6. The summed E-state index contributed by atoms with van der Waals surface area (Å²) in [5, 5.41) is 3.02. The minimum absolute atomic E-state index is 0.0379. The monoisotopic (exact) mass is 384 g/mol. The minimum Gasteiger partial charge on any atom is -0.371 e. The molecule has 3 fully saturated rings. The zero-order valence-corrected chi connectivity index (χ0v) is 17.1. The summed E-state index contributed by atoms with van der Waals surface area (Å²) < 4.78 is 0. The van der Waals surface area contributed by atoms with Crippen LogP contribution in [-0.4, -0.2) is 54.1 Å². The summed E-state index contributed by atoms with van der Waals surface area (Å²) in [6.45, 7) is 5.48. The summed E-state index contributed by atoms with van der Waals surface area (Å²) >= 11 is 0. The first kappa shape index (κ1) is 19.2. The molecule has 1 spiro atoms. The highest BCUT2D eigenvalue weighted by Gasteiger charge is 2.52. The highest BCUT2D eigenvalue weighted by molar-refractivity contribution is 6.07. The molecule has 0 unspecified atom stereocenters. The van der Waals surface area contributed by atoms with Crippen molar-refractivity contribution in [2.45, 2.75) is 57.5 Å².